The van der Waals surface area contributed by atoms with Gasteiger partial charge in [0.05, 0.1) is 17.7 Å². The van der Waals surface area contributed by atoms with Crippen LogP contribution in [0.5, 0.6) is 0 Å². The van der Waals surface area contributed by atoms with Crippen molar-refractivity contribution < 1.29 is 15.0 Å². The fraction of sp³-hybridized carbons (Fsp3) is 0.417. The zero-order valence-corrected chi connectivity index (χ0v) is 10.8. The van der Waals surface area contributed by atoms with Crippen molar-refractivity contribution in [3.63, 3.8) is 0 Å². The van der Waals surface area contributed by atoms with Gasteiger partial charge in [-0.2, -0.15) is 0 Å². The van der Waals surface area contributed by atoms with Crippen LogP contribution in [-0.2, 0) is 0 Å². The Morgan fingerprint density at radius 3 is 2.59 bits per heavy atom. The third kappa shape index (κ3) is 2.45. The predicted molar refractivity (Wildman–Crippen MR) is 68.4 cm³/mol. The number of carbonyl (C=O) groups is 1. The predicted octanol–water partition coefficient (Wildman–Crippen LogP) is 2.47. The van der Waals surface area contributed by atoms with Crippen LogP contribution in [0.4, 0.5) is 5.69 Å². The number of carboxylic acid groups (broad SMARTS) is 1. The zero-order chi connectivity index (χ0) is 12.5. The standard InChI is InChI=1S/C12H14BrNO3/c13-10-6-8(2-3-9(10)11(16)17)14-12(7-15)4-1-5-12/h2-3,6,14-15H,1,4-5,7H2,(H,16,17). The van der Waals surface area contributed by atoms with E-state index in [0.29, 0.717) is 4.47 Å². The highest BCUT2D eigenvalue weighted by atomic mass is 79.9. The molecule has 0 aliphatic heterocycles. The van der Waals surface area contributed by atoms with Crippen LogP contribution in [0.1, 0.15) is 29.6 Å². The van der Waals surface area contributed by atoms with Gasteiger partial charge in [-0.3, -0.25) is 0 Å². The minimum atomic E-state index is -0.955. The van der Waals surface area contributed by atoms with Gasteiger partial charge in [-0.1, -0.05) is 0 Å². The van der Waals surface area contributed by atoms with Crippen LogP contribution >= 0.6 is 15.9 Å². The zero-order valence-electron chi connectivity index (χ0n) is 9.24. The number of carboxylic acids is 1. The lowest BCUT2D eigenvalue weighted by molar-refractivity contribution is 0.0696. The average molecular weight is 300 g/mol. The largest absolute Gasteiger partial charge is 0.478 e. The first kappa shape index (κ1) is 12.4. The highest BCUT2D eigenvalue weighted by Gasteiger charge is 2.36. The van der Waals surface area contributed by atoms with Crippen molar-refractivity contribution in [2.75, 3.05) is 11.9 Å². The van der Waals surface area contributed by atoms with E-state index in [1.165, 1.54) is 0 Å². The summed E-state index contributed by atoms with van der Waals surface area (Å²) < 4.78 is 0.544. The van der Waals surface area contributed by atoms with E-state index in [9.17, 15) is 9.90 Å². The van der Waals surface area contributed by atoms with E-state index in [2.05, 4.69) is 21.2 Å². The van der Waals surface area contributed by atoms with Crippen molar-refractivity contribution in [3.8, 4) is 0 Å². The molecule has 1 aliphatic rings. The van der Waals surface area contributed by atoms with Crippen molar-refractivity contribution in [1.82, 2.24) is 0 Å². The molecule has 4 nitrogen and oxygen atoms in total. The molecule has 0 aromatic heterocycles. The van der Waals surface area contributed by atoms with E-state index in [1.807, 2.05) is 0 Å². The maximum atomic E-state index is 10.9. The fourth-order valence-electron chi connectivity index (χ4n) is 2.00. The fourth-order valence-corrected chi connectivity index (χ4v) is 2.55. The third-order valence-corrected chi connectivity index (χ3v) is 3.88. The summed E-state index contributed by atoms with van der Waals surface area (Å²) >= 11 is 3.23. The molecule has 3 N–H and O–H groups in total. The normalized spacial score (nSPS) is 17.3. The van der Waals surface area contributed by atoms with Gasteiger partial charge in [0, 0.05) is 10.2 Å². The molecular formula is C12H14BrNO3. The Kier molecular flexibility index (Phi) is 3.40. The van der Waals surface area contributed by atoms with Gasteiger partial charge in [0.25, 0.3) is 0 Å². The van der Waals surface area contributed by atoms with Gasteiger partial charge in [0.2, 0.25) is 0 Å². The molecule has 0 bridgehead atoms. The van der Waals surface area contributed by atoms with Crippen LogP contribution in [0.3, 0.4) is 0 Å². The molecule has 1 aromatic carbocycles. The van der Waals surface area contributed by atoms with E-state index >= 15 is 0 Å². The van der Waals surface area contributed by atoms with E-state index in [1.54, 1.807) is 18.2 Å². The number of aliphatic hydroxyl groups is 1. The molecule has 0 atom stereocenters. The molecule has 0 saturated heterocycles. The quantitative estimate of drug-likeness (QED) is 0.799. The second kappa shape index (κ2) is 4.66. The smallest absolute Gasteiger partial charge is 0.336 e. The van der Waals surface area contributed by atoms with Gasteiger partial charge in [-0.15, -0.1) is 0 Å². The number of aliphatic hydroxyl groups excluding tert-OH is 1. The summed E-state index contributed by atoms with van der Waals surface area (Å²) in [5.41, 5.74) is 0.849. The lowest BCUT2D eigenvalue weighted by Gasteiger charge is -2.42. The molecule has 5 heteroatoms. The van der Waals surface area contributed by atoms with Gasteiger partial charge in [0.15, 0.2) is 0 Å². The Bertz CT molecular complexity index is 438. The first-order chi connectivity index (χ1) is 8.06. The van der Waals surface area contributed by atoms with E-state index in [0.717, 1.165) is 24.9 Å². The number of hydrogen-bond donors (Lipinski definition) is 3. The average Bonchev–Trinajstić information content (AvgIpc) is 2.23. The van der Waals surface area contributed by atoms with Gasteiger partial charge in [0.1, 0.15) is 0 Å². The van der Waals surface area contributed by atoms with Crippen LogP contribution in [0, 0.1) is 0 Å². The molecular weight excluding hydrogens is 286 g/mol. The summed E-state index contributed by atoms with van der Waals surface area (Å²) in [5, 5.41) is 21.5. The van der Waals surface area contributed by atoms with Crippen LogP contribution < -0.4 is 5.32 Å². The minimum absolute atomic E-state index is 0.102. The number of hydrogen-bond acceptors (Lipinski definition) is 3. The van der Waals surface area contributed by atoms with Crippen LogP contribution in [0.25, 0.3) is 0 Å². The molecule has 1 aliphatic carbocycles. The Balaban J connectivity index is 2.17. The molecule has 2 rings (SSSR count). The van der Waals surface area contributed by atoms with Gasteiger partial charge in [-0.25, -0.2) is 4.79 Å². The summed E-state index contributed by atoms with van der Waals surface area (Å²) in [5.74, 6) is -0.955. The molecule has 0 amide bonds. The topological polar surface area (TPSA) is 69.6 Å². The lowest BCUT2D eigenvalue weighted by Crippen LogP contribution is -2.48. The number of benzene rings is 1. The maximum Gasteiger partial charge on any atom is 0.336 e. The molecule has 0 heterocycles. The lowest BCUT2D eigenvalue weighted by atomic mass is 9.77. The molecule has 1 fully saturated rings. The van der Waals surface area contributed by atoms with Crippen molar-refractivity contribution in [3.05, 3.63) is 28.2 Å². The number of rotatable bonds is 4. The maximum absolute atomic E-state index is 10.9. The van der Waals surface area contributed by atoms with E-state index in [-0.39, 0.29) is 17.7 Å². The van der Waals surface area contributed by atoms with Gasteiger partial charge < -0.3 is 15.5 Å². The number of nitrogens with one attached hydrogen (secondary N) is 1. The number of aromatic carboxylic acids is 1. The summed E-state index contributed by atoms with van der Waals surface area (Å²) in [6.07, 6.45) is 3.01. The van der Waals surface area contributed by atoms with Crippen molar-refractivity contribution in [1.29, 1.82) is 0 Å². The van der Waals surface area contributed by atoms with Crippen molar-refractivity contribution in [2.24, 2.45) is 0 Å². The highest BCUT2D eigenvalue weighted by molar-refractivity contribution is 9.10. The first-order valence-corrected chi connectivity index (χ1v) is 6.27. The van der Waals surface area contributed by atoms with Gasteiger partial charge >= 0.3 is 5.97 Å². The van der Waals surface area contributed by atoms with Crippen LogP contribution in [0.2, 0.25) is 0 Å². The Hall–Kier alpha value is -1.07. The molecule has 1 aromatic rings. The second-order valence-electron chi connectivity index (χ2n) is 4.42. The van der Waals surface area contributed by atoms with E-state index < -0.39 is 5.97 Å². The Morgan fingerprint density at radius 1 is 1.47 bits per heavy atom. The van der Waals surface area contributed by atoms with Crippen molar-refractivity contribution >= 4 is 27.6 Å². The number of halogens is 1. The Labute approximate surface area is 108 Å². The van der Waals surface area contributed by atoms with Crippen LogP contribution in [-0.4, -0.2) is 28.3 Å². The molecule has 17 heavy (non-hydrogen) atoms. The minimum Gasteiger partial charge on any atom is -0.478 e. The summed E-state index contributed by atoms with van der Waals surface area (Å²) in [6, 6.07) is 5.02. The summed E-state index contributed by atoms with van der Waals surface area (Å²) in [7, 11) is 0. The molecule has 1 saturated carbocycles. The molecule has 92 valence electrons. The molecule has 0 spiro atoms. The van der Waals surface area contributed by atoms with Crippen LogP contribution in [0.15, 0.2) is 22.7 Å². The molecule has 0 radical (unpaired) electrons. The number of anilines is 1. The van der Waals surface area contributed by atoms with E-state index in [4.69, 9.17) is 5.11 Å². The second-order valence-corrected chi connectivity index (χ2v) is 5.27. The van der Waals surface area contributed by atoms with Crippen molar-refractivity contribution in [2.45, 2.75) is 24.8 Å². The summed E-state index contributed by atoms with van der Waals surface area (Å²) in [4.78, 5) is 10.9. The first-order valence-electron chi connectivity index (χ1n) is 5.48. The monoisotopic (exact) mass is 299 g/mol. The summed E-state index contributed by atoms with van der Waals surface area (Å²) in [6.45, 7) is 0.102. The van der Waals surface area contributed by atoms with Gasteiger partial charge in [-0.05, 0) is 53.4 Å². The third-order valence-electron chi connectivity index (χ3n) is 3.22. The molecule has 0 unspecified atom stereocenters. The SMILES string of the molecule is O=C(O)c1ccc(NC2(CO)CCC2)cc1Br. The highest BCUT2D eigenvalue weighted by Crippen LogP contribution is 2.35. The Morgan fingerprint density at radius 2 is 2.18 bits per heavy atom.